The number of nitrogens with one attached hydrogen (secondary N) is 2. The van der Waals surface area contributed by atoms with Crippen LogP contribution in [0.5, 0.6) is 0 Å². The number of carbonyl (C=O) groups is 1. The molecule has 4 rings (SSSR count). The van der Waals surface area contributed by atoms with Gasteiger partial charge < -0.3 is 15.2 Å². The second kappa shape index (κ2) is 9.04. The summed E-state index contributed by atoms with van der Waals surface area (Å²) in [6.07, 6.45) is 0.571. The van der Waals surface area contributed by atoms with Crippen LogP contribution in [0.3, 0.4) is 0 Å². The number of urea groups is 1. The summed E-state index contributed by atoms with van der Waals surface area (Å²) >= 11 is 12.0. The van der Waals surface area contributed by atoms with Crippen molar-refractivity contribution < 1.29 is 13.2 Å². The Morgan fingerprint density at radius 3 is 2.58 bits per heavy atom. The Kier molecular flexibility index (Phi) is 6.38. The Balaban J connectivity index is 1.30. The van der Waals surface area contributed by atoms with Crippen LogP contribution in [0.1, 0.15) is 5.82 Å². The third-order valence-corrected chi connectivity index (χ3v) is 7.73. The van der Waals surface area contributed by atoms with Crippen LogP contribution in [-0.4, -0.2) is 66.3 Å². The molecule has 8 nitrogen and oxygen atoms in total. The van der Waals surface area contributed by atoms with Crippen molar-refractivity contribution in [2.45, 2.75) is 11.3 Å². The van der Waals surface area contributed by atoms with Gasteiger partial charge in [0.1, 0.15) is 10.7 Å². The second-order valence-corrected chi connectivity index (χ2v) is 9.90. The smallest absolute Gasteiger partial charge is 0.317 e. The molecule has 0 saturated carbocycles. The number of imidazole rings is 1. The van der Waals surface area contributed by atoms with E-state index in [0.29, 0.717) is 18.0 Å². The van der Waals surface area contributed by atoms with E-state index in [4.69, 9.17) is 23.2 Å². The molecule has 2 heterocycles. The molecule has 1 aliphatic heterocycles. The number of fused-ring (bicyclic) bond motifs is 1. The number of nitrogens with zero attached hydrogens (tertiary/aromatic N) is 3. The first-order valence-corrected chi connectivity index (χ1v) is 12.0. The van der Waals surface area contributed by atoms with Crippen molar-refractivity contribution in [3.05, 3.63) is 58.3 Å². The maximum Gasteiger partial charge on any atom is 0.317 e. The number of H-pyrrole nitrogens is 1. The fraction of sp³-hybridized carbons (Fsp3) is 0.300. The maximum atomic E-state index is 12.9. The number of rotatable bonds is 5. The monoisotopic (exact) mass is 481 g/mol. The highest BCUT2D eigenvalue weighted by atomic mass is 35.5. The van der Waals surface area contributed by atoms with Gasteiger partial charge in [0.05, 0.1) is 16.1 Å². The minimum absolute atomic E-state index is 0.0228. The first-order chi connectivity index (χ1) is 14.8. The summed E-state index contributed by atoms with van der Waals surface area (Å²) in [6.45, 7) is 1.36. The van der Waals surface area contributed by atoms with Crippen LogP contribution in [0.4, 0.5) is 4.79 Å². The minimum Gasteiger partial charge on any atom is -0.342 e. The van der Waals surface area contributed by atoms with Crippen LogP contribution < -0.4 is 5.32 Å². The largest absolute Gasteiger partial charge is 0.342 e. The molecule has 11 heteroatoms. The number of hydrogen-bond acceptors (Lipinski definition) is 4. The number of aromatic amines is 1. The SMILES string of the molecule is O=C(NCCc1nc2ccccc2[nH]1)N1CCN(S(=O)(=O)c2cc(Cl)ccc2Cl)CC1. The number of halogens is 2. The molecule has 1 aromatic heterocycles. The fourth-order valence-electron chi connectivity index (χ4n) is 3.47. The number of para-hydroxylation sites is 2. The molecule has 3 aromatic rings. The molecule has 2 aromatic carbocycles. The van der Waals surface area contributed by atoms with Gasteiger partial charge in [-0.25, -0.2) is 18.2 Å². The van der Waals surface area contributed by atoms with E-state index in [1.54, 1.807) is 4.90 Å². The average molecular weight is 482 g/mol. The lowest BCUT2D eigenvalue weighted by molar-refractivity contribution is 0.172. The van der Waals surface area contributed by atoms with Crippen molar-refractivity contribution in [1.29, 1.82) is 0 Å². The summed E-state index contributed by atoms with van der Waals surface area (Å²) in [5, 5.41) is 3.28. The lowest BCUT2D eigenvalue weighted by Crippen LogP contribution is -2.53. The number of hydrogen-bond donors (Lipinski definition) is 2. The van der Waals surface area contributed by atoms with Crippen LogP contribution in [0.25, 0.3) is 11.0 Å². The highest BCUT2D eigenvalue weighted by Gasteiger charge is 2.31. The summed E-state index contributed by atoms with van der Waals surface area (Å²) < 4.78 is 27.1. The van der Waals surface area contributed by atoms with E-state index in [1.807, 2.05) is 24.3 Å². The zero-order valence-corrected chi connectivity index (χ0v) is 18.8. The Morgan fingerprint density at radius 2 is 1.84 bits per heavy atom. The minimum atomic E-state index is -3.78. The molecule has 0 unspecified atom stereocenters. The van der Waals surface area contributed by atoms with E-state index in [2.05, 4.69) is 15.3 Å². The third-order valence-electron chi connectivity index (χ3n) is 5.11. The van der Waals surface area contributed by atoms with Crippen molar-refractivity contribution >= 4 is 50.3 Å². The van der Waals surface area contributed by atoms with Gasteiger partial charge in [0.2, 0.25) is 10.0 Å². The molecule has 0 spiro atoms. The predicted molar refractivity (Wildman–Crippen MR) is 120 cm³/mol. The Bertz CT molecular complexity index is 1170. The zero-order chi connectivity index (χ0) is 22.0. The van der Waals surface area contributed by atoms with Crippen molar-refractivity contribution in [1.82, 2.24) is 24.5 Å². The highest BCUT2D eigenvalue weighted by Crippen LogP contribution is 2.28. The van der Waals surface area contributed by atoms with E-state index in [9.17, 15) is 13.2 Å². The van der Waals surface area contributed by atoms with Crippen molar-refractivity contribution in [2.75, 3.05) is 32.7 Å². The summed E-state index contributed by atoms with van der Waals surface area (Å²) in [5.74, 6) is 0.802. The Labute approximate surface area is 190 Å². The molecule has 2 N–H and O–H groups in total. The summed E-state index contributed by atoms with van der Waals surface area (Å²) in [7, 11) is -3.78. The third kappa shape index (κ3) is 4.79. The zero-order valence-electron chi connectivity index (χ0n) is 16.5. The first-order valence-electron chi connectivity index (χ1n) is 9.76. The van der Waals surface area contributed by atoms with Gasteiger partial charge in [-0.3, -0.25) is 0 Å². The molecule has 0 radical (unpaired) electrons. The summed E-state index contributed by atoms with van der Waals surface area (Å²) in [6, 6.07) is 11.9. The van der Waals surface area contributed by atoms with Gasteiger partial charge in [0, 0.05) is 44.2 Å². The number of aromatic nitrogens is 2. The second-order valence-electron chi connectivity index (χ2n) is 7.15. The number of amides is 2. The standard InChI is InChI=1S/C20H21Cl2N5O3S/c21-14-5-6-15(22)18(13-14)31(29,30)27-11-9-26(10-12-27)20(28)23-8-7-19-24-16-3-1-2-4-17(16)25-19/h1-6,13H,7-12H2,(H,23,28)(H,24,25). The van der Waals surface area contributed by atoms with E-state index >= 15 is 0 Å². The maximum absolute atomic E-state index is 12.9. The molecule has 31 heavy (non-hydrogen) atoms. The van der Waals surface area contributed by atoms with Gasteiger partial charge in [-0.05, 0) is 30.3 Å². The van der Waals surface area contributed by atoms with Gasteiger partial charge >= 0.3 is 6.03 Å². The van der Waals surface area contributed by atoms with E-state index in [0.717, 1.165) is 16.9 Å². The van der Waals surface area contributed by atoms with E-state index in [-0.39, 0.29) is 42.1 Å². The average Bonchev–Trinajstić information content (AvgIpc) is 3.18. The van der Waals surface area contributed by atoms with Gasteiger partial charge in [-0.1, -0.05) is 35.3 Å². The molecule has 0 atom stereocenters. The van der Waals surface area contributed by atoms with E-state index < -0.39 is 10.0 Å². The number of piperazine rings is 1. The van der Waals surface area contributed by atoms with Gasteiger partial charge in [0.25, 0.3) is 0 Å². The number of carbonyl (C=O) groups excluding carboxylic acids is 1. The van der Waals surface area contributed by atoms with Crippen molar-refractivity contribution in [3.8, 4) is 0 Å². The molecule has 0 aliphatic carbocycles. The first kappa shape index (κ1) is 21.9. The van der Waals surface area contributed by atoms with Crippen LogP contribution in [0, 0.1) is 0 Å². The molecule has 1 fully saturated rings. The number of sulfonamides is 1. The normalized spacial score (nSPS) is 15.4. The molecule has 2 amide bonds. The van der Waals surface area contributed by atoms with Crippen molar-refractivity contribution in [3.63, 3.8) is 0 Å². The molecule has 164 valence electrons. The molecular weight excluding hydrogens is 461 g/mol. The molecule has 1 saturated heterocycles. The molecule has 0 bridgehead atoms. The summed E-state index contributed by atoms with van der Waals surface area (Å²) in [5.41, 5.74) is 1.85. The van der Waals surface area contributed by atoms with Crippen LogP contribution in [0.2, 0.25) is 10.0 Å². The van der Waals surface area contributed by atoms with Crippen molar-refractivity contribution in [2.24, 2.45) is 0 Å². The molecule has 1 aliphatic rings. The van der Waals surface area contributed by atoms with Gasteiger partial charge in [0.15, 0.2) is 0 Å². The Hall–Kier alpha value is -2.33. The molecular formula is C20H21Cl2N5O3S. The van der Waals surface area contributed by atoms with Gasteiger partial charge in [-0.2, -0.15) is 4.31 Å². The number of benzene rings is 2. The lowest BCUT2D eigenvalue weighted by Gasteiger charge is -2.34. The lowest BCUT2D eigenvalue weighted by atomic mass is 10.3. The van der Waals surface area contributed by atoms with Gasteiger partial charge in [-0.15, -0.1) is 0 Å². The van der Waals surface area contributed by atoms with Crippen LogP contribution >= 0.6 is 23.2 Å². The predicted octanol–water partition coefficient (Wildman–Crippen LogP) is 3.13. The Morgan fingerprint density at radius 1 is 1.10 bits per heavy atom. The highest BCUT2D eigenvalue weighted by molar-refractivity contribution is 7.89. The van der Waals surface area contributed by atoms with Crippen LogP contribution in [0.15, 0.2) is 47.4 Å². The van der Waals surface area contributed by atoms with Crippen LogP contribution in [-0.2, 0) is 16.4 Å². The van der Waals surface area contributed by atoms with E-state index in [1.165, 1.54) is 22.5 Å². The fourth-order valence-corrected chi connectivity index (χ4v) is 5.63. The summed E-state index contributed by atoms with van der Waals surface area (Å²) in [4.78, 5) is 21.8. The topological polar surface area (TPSA) is 98.4 Å². The quantitative estimate of drug-likeness (QED) is 0.584.